The maximum Gasteiger partial charge on any atom is 0.309 e. The van der Waals surface area contributed by atoms with E-state index in [2.05, 4.69) is 20.8 Å². The van der Waals surface area contributed by atoms with Gasteiger partial charge in [-0.25, -0.2) is 0 Å². The number of esters is 1. The van der Waals surface area contributed by atoms with Crippen LogP contribution >= 0.6 is 0 Å². The number of ketones is 1. The number of Topliss-reactive ketones (excluding diaryl/α,β-unsaturated/α-hetero) is 1. The molecular formula is C23H33NO4. The zero-order chi connectivity index (χ0) is 21.1. The zero-order valence-electron chi connectivity index (χ0n) is 18.0. The molecule has 0 saturated carbocycles. The van der Waals surface area contributed by atoms with E-state index in [1.165, 1.54) is 0 Å². The second kappa shape index (κ2) is 8.46. The molecule has 0 bridgehead atoms. The number of hydrogen-bond donors (Lipinski definition) is 0. The summed E-state index contributed by atoms with van der Waals surface area (Å²) >= 11 is 0. The second-order valence-corrected chi connectivity index (χ2v) is 9.67. The summed E-state index contributed by atoms with van der Waals surface area (Å²) in [7, 11) is 0. The molecular weight excluding hydrogens is 354 g/mol. The zero-order valence-corrected chi connectivity index (χ0v) is 18.0. The summed E-state index contributed by atoms with van der Waals surface area (Å²) in [4.78, 5) is 38.8. The molecule has 0 aromatic heterocycles. The number of rotatable bonds is 4. The molecule has 1 aromatic carbocycles. The lowest BCUT2D eigenvalue weighted by molar-refractivity contribution is -0.152. The van der Waals surface area contributed by atoms with Crippen molar-refractivity contribution >= 4 is 17.7 Å². The summed E-state index contributed by atoms with van der Waals surface area (Å²) < 4.78 is 5.27. The Balaban J connectivity index is 1.83. The predicted molar refractivity (Wildman–Crippen MR) is 109 cm³/mol. The molecule has 1 aliphatic heterocycles. The molecule has 0 spiro atoms. The summed E-state index contributed by atoms with van der Waals surface area (Å²) in [6, 6.07) is 7.45. The van der Waals surface area contributed by atoms with Gasteiger partial charge in [-0.1, -0.05) is 65.8 Å². The summed E-state index contributed by atoms with van der Waals surface area (Å²) in [5.41, 5.74) is 1.31. The van der Waals surface area contributed by atoms with Gasteiger partial charge < -0.3 is 9.64 Å². The molecule has 0 aliphatic carbocycles. The van der Waals surface area contributed by atoms with Crippen LogP contribution in [0.2, 0.25) is 0 Å². The molecule has 5 nitrogen and oxygen atoms in total. The van der Waals surface area contributed by atoms with Gasteiger partial charge in [0.25, 0.3) is 0 Å². The first-order valence-corrected chi connectivity index (χ1v) is 9.99. The van der Waals surface area contributed by atoms with Crippen LogP contribution in [0.3, 0.4) is 0 Å². The number of piperidine rings is 1. The van der Waals surface area contributed by atoms with E-state index in [0.717, 1.165) is 5.56 Å². The summed E-state index contributed by atoms with van der Waals surface area (Å²) in [5, 5.41) is 0. The average molecular weight is 388 g/mol. The monoisotopic (exact) mass is 387 g/mol. The van der Waals surface area contributed by atoms with Crippen LogP contribution in [0.4, 0.5) is 0 Å². The molecule has 5 heteroatoms. The fourth-order valence-corrected chi connectivity index (χ4v) is 3.29. The number of hydrogen-bond acceptors (Lipinski definition) is 4. The molecule has 0 unspecified atom stereocenters. The van der Waals surface area contributed by atoms with Gasteiger partial charge in [-0.3, -0.25) is 14.4 Å². The number of ether oxygens (including phenoxy) is 1. The van der Waals surface area contributed by atoms with E-state index >= 15 is 0 Å². The van der Waals surface area contributed by atoms with Crippen LogP contribution < -0.4 is 0 Å². The largest absolute Gasteiger partial charge is 0.457 e. The molecule has 0 radical (unpaired) electrons. The van der Waals surface area contributed by atoms with Crippen LogP contribution in [-0.4, -0.2) is 42.3 Å². The molecule has 1 heterocycles. The van der Waals surface area contributed by atoms with Crippen molar-refractivity contribution in [2.75, 3.05) is 19.7 Å². The Morgan fingerprint density at radius 3 is 1.96 bits per heavy atom. The van der Waals surface area contributed by atoms with Gasteiger partial charge in [0, 0.05) is 24.1 Å². The minimum Gasteiger partial charge on any atom is -0.457 e. The molecule has 2 rings (SSSR count). The Labute approximate surface area is 168 Å². The molecule has 1 saturated heterocycles. The first-order chi connectivity index (χ1) is 12.9. The molecule has 1 aliphatic rings. The minimum atomic E-state index is -0.414. The fraction of sp³-hybridized carbons (Fsp3) is 0.609. The number of benzene rings is 1. The van der Waals surface area contributed by atoms with Gasteiger partial charge in [0.05, 0.1) is 5.92 Å². The van der Waals surface area contributed by atoms with Gasteiger partial charge in [-0.05, 0) is 23.8 Å². The van der Waals surface area contributed by atoms with Crippen LogP contribution in [0.1, 0.15) is 70.3 Å². The lowest BCUT2D eigenvalue weighted by atomic mass is 9.86. The van der Waals surface area contributed by atoms with E-state index in [1.54, 1.807) is 12.1 Å². The Kier molecular flexibility index (Phi) is 6.68. The number of amides is 1. The second-order valence-electron chi connectivity index (χ2n) is 9.67. The van der Waals surface area contributed by atoms with Crippen LogP contribution in [-0.2, 0) is 19.7 Å². The highest BCUT2D eigenvalue weighted by Gasteiger charge is 2.33. The van der Waals surface area contributed by atoms with Crippen LogP contribution in [0.15, 0.2) is 24.3 Å². The summed E-state index contributed by atoms with van der Waals surface area (Å²) in [5.74, 6) is -0.690. The van der Waals surface area contributed by atoms with Crippen molar-refractivity contribution in [3.05, 3.63) is 35.4 Å². The average Bonchev–Trinajstić information content (AvgIpc) is 2.64. The van der Waals surface area contributed by atoms with E-state index in [0.29, 0.717) is 31.5 Å². The van der Waals surface area contributed by atoms with Crippen molar-refractivity contribution in [1.82, 2.24) is 4.90 Å². The molecule has 0 N–H and O–H groups in total. The maximum absolute atomic E-state index is 12.3. The van der Waals surface area contributed by atoms with E-state index < -0.39 is 5.41 Å². The van der Waals surface area contributed by atoms with Gasteiger partial charge in [0.15, 0.2) is 12.4 Å². The smallest absolute Gasteiger partial charge is 0.309 e. The topological polar surface area (TPSA) is 63.7 Å². The Morgan fingerprint density at radius 1 is 0.964 bits per heavy atom. The lowest BCUT2D eigenvalue weighted by Crippen LogP contribution is -2.45. The van der Waals surface area contributed by atoms with Crippen molar-refractivity contribution in [2.24, 2.45) is 11.3 Å². The fourth-order valence-electron chi connectivity index (χ4n) is 3.29. The van der Waals surface area contributed by atoms with Crippen molar-refractivity contribution in [2.45, 2.75) is 59.8 Å². The van der Waals surface area contributed by atoms with Gasteiger partial charge in [0.2, 0.25) is 5.91 Å². The third-order valence-corrected chi connectivity index (χ3v) is 5.18. The van der Waals surface area contributed by atoms with Crippen LogP contribution in [0, 0.1) is 11.3 Å². The quantitative estimate of drug-likeness (QED) is 0.579. The minimum absolute atomic E-state index is 0.0251. The van der Waals surface area contributed by atoms with Crippen molar-refractivity contribution in [3.63, 3.8) is 0 Å². The third-order valence-electron chi connectivity index (χ3n) is 5.18. The van der Waals surface area contributed by atoms with Crippen LogP contribution in [0.5, 0.6) is 0 Å². The Bertz CT molecular complexity index is 714. The maximum atomic E-state index is 12.3. The van der Waals surface area contributed by atoms with Crippen LogP contribution in [0.25, 0.3) is 0 Å². The number of likely N-dealkylation sites (tertiary alicyclic amines) is 1. The highest BCUT2D eigenvalue weighted by atomic mass is 16.5. The summed E-state index contributed by atoms with van der Waals surface area (Å²) in [6.45, 7) is 12.9. The lowest BCUT2D eigenvalue weighted by Gasteiger charge is -2.34. The highest BCUT2D eigenvalue weighted by Crippen LogP contribution is 2.25. The first kappa shape index (κ1) is 22.1. The molecule has 0 atom stereocenters. The molecule has 1 fully saturated rings. The van der Waals surface area contributed by atoms with Crippen molar-refractivity contribution in [3.8, 4) is 0 Å². The molecule has 154 valence electrons. The SMILES string of the molecule is CC(C)(C)C(=O)N1CCC(C(=O)OCC(=O)c2ccc(C(C)(C)C)cc2)CC1. The Morgan fingerprint density at radius 2 is 1.50 bits per heavy atom. The Hall–Kier alpha value is -2.17. The van der Waals surface area contributed by atoms with Crippen molar-refractivity contribution < 1.29 is 19.1 Å². The van der Waals surface area contributed by atoms with E-state index in [-0.39, 0.29) is 35.6 Å². The molecule has 1 amide bonds. The van der Waals surface area contributed by atoms with Gasteiger partial charge >= 0.3 is 5.97 Å². The third kappa shape index (κ3) is 5.66. The van der Waals surface area contributed by atoms with E-state index in [1.807, 2.05) is 37.8 Å². The van der Waals surface area contributed by atoms with E-state index in [4.69, 9.17) is 4.74 Å². The van der Waals surface area contributed by atoms with Crippen molar-refractivity contribution in [1.29, 1.82) is 0 Å². The standard InChI is InChI=1S/C23H33NO4/c1-22(2,3)18-9-7-16(8-10-18)19(25)15-28-20(26)17-11-13-24(14-12-17)21(27)23(4,5)6/h7-10,17H,11-15H2,1-6H3. The van der Waals surface area contributed by atoms with E-state index in [9.17, 15) is 14.4 Å². The van der Waals surface area contributed by atoms with Gasteiger partial charge in [0.1, 0.15) is 0 Å². The predicted octanol–water partition coefficient (Wildman–Crippen LogP) is 3.99. The first-order valence-electron chi connectivity index (χ1n) is 9.99. The number of nitrogens with zero attached hydrogens (tertiary/aromatic N) is 1. The number of carbonyl (C=O) groups is 3. The highest BCUT2D eigenvalue weighted by molar-refractivity contribution is 5.98. The summed E-state index contributed by atoms with van der Waals surface area (Å²) in [6.07, 6.45) is 1.16. The van der Waals surface area contributed by atoms with Gasteiger partial charge in [-0.2, -0.15) is 0 Å². The molecule has 1 aromatic rings. The van der Waals surface area contributed by atoms with Gasteiger partial charge in [-0.15, -0.1) is 0 Å². The number of carbonyl (C=O) groups excluding carboxylic acids is 3. The molecule has 28 heavy (non-hydrogen) atoms. The normalized spacial score (nSPS) is 16.0.